The van der Waals surface area contributed by atoms with Crippen LogP contribution < -0.4 is 5.32 Å². The van der Waals surface area contributed by atoms with E-state index in [9.17, 15) is 13.2 Å². The third-order valence-corrected chi connectivity index (χ3v) is 4.67. The molecule has 0 atom stereocenters. The molecule has 0 aliphatic carbocycles. The van der Waals surface area contributed by atoms with E-state index in [0.717, 1.165) is 6.26 Å². The highest BCUT2D eigenvalue weighted by molar-refractivity contribution is 7.90. The molecular formula is C17H16N4O4S. The van der Waals surface area contributed by atoms with E-state index in [4.69, 9.17) is 4.52 Å². The molecule has 0 aliphatic heterocycles. The molecule has 0 saturated carbocycles. The maximum absolute atomic E-state index is 12.1. The molecule has 0 aliphatic rings. The van der Waals surface area contributed by atoms with E-state index in [-0.39, 0.29) is 29.3 Å². The number of benzene rings is 1. The Balaban J connectivity index is 1.63. The predicted molar refractivity (Wildman–Crippen MR) is 94.0 cm³/mol. The first kappa shape index (κ1) is 17.7. The molecule has 1 aromatic carbocycles. The monoisotopic (exact) mass is 372 g/mol. The van der Waals surface area contributed by atoms with Crippen molar-refractivity contribution in [2.75, 3.05) is 11.6 Å². The van der Waals surface area contributed by atoms with Crippen molar-refractivity contribution < 1.29 is 17.7 Å². The van der Waals surface area contributed by atoms with Gasteiger partial charge in [-0.1, -0.05) is 17.3 Å². The minimum absolute atomic E-state index is 0.0741. The summed E-state index contributed by atoms with van der Waals surface area (Å²) in [4.78, 5) is 20.4. The van der Waals surface area contributed by atoms with Crippen molar-refractivity contribution in [1.82, 2.24) is 15.1 Å². The van der Waals surface area contributed by atoms with Crippen LogP contribution >= 0.6 is 0 Å². The van der Waals surface area contributed by atoms with E-state index in [1.807, 2.05) is 0 Å². The average molecular weight is 372 g/mol. The number of anilines is 1. The van der Waals surface area contributed by atoms with Gasteiger partial charge in [0.2, 0.25) is 17.6 Å². The number of nitrogens with one attached hydrogen (secondary N) is 1. The van der Waals surface area contributed by atoms with E-state index in [1.54, 1.807) is 42.7 Å². The van der Waals surface area contributed by atoms with Gasteiger partial charge in [-0.3, -0.25) is 9.78 Å². The molecular weight excluding hydrogens is 356 g/mol. The SMILES string of the molecule is CS(=O)(=O)c1ccccc1NC(=O)CCc1nc(-c2cccnc2)no1. The fraction of sp³-hybridized carbons (Fsp3) is 0.176. The first-order chi connectivity index (χ1) is 12.4. The summed E-state index contributed by atoms with van der Waals surface area (Å²) in [6.07, 6.45) is 4.66. The quantitative estimate of drug-likeness (QED) is 0.704. The number of para-hydroxylation sites is 1. The number of aryl methyl sites for hydroxylation is 1. The fourth-order valence-electron chi connectivity index (χ4n) is 2.30. The van der Waals surface area contributed by atoms with Gasteiger partial charge in [0.15, 0.2) is 9.84 Å². The molecule has 134 valence electrons. The molecule has 9 heteroatoms. The van der Waals surface area contributed by atoms with Gasteiger partial charge < -0.3 is 9.84 Å². The second kappa shape index (κ2) is 7.44. The number of nitrogens with zero attached hydrogens (tertiary/aromatic N) is 3. The second-order valence-electron chi connectivity index (χ2n) is 5.57. The Kier molecular flexibility index (Phi) is 5.08. The average Bonchev–Trinajstić information content (AvgIpc) is 3.09. The zero-order chi connectivity index (χ0) is 18.6. The van der Waals surface area contributed by atoms with Gasteiger partial charge in [-0.05, 0) is 24.3 Å². The number of hydrogen-bond acceptors (Lipinski definition) is 7. The highest BCUT2D eigenvalue weighted by atomic mass is 32.2. The van der Waals surface area contributed by atoms with Crippen LogP contribution in [-0.2, 0) is 21.1 Å². The number of sulfone groups is 1. The van der Waals surface area contributed by atoms with Crippen LogP contribution in [0.4, 0.5) is 5.69 Å². The van der Waals surface area contributed by atoms with Crippen molar-refractivity contribution in [3.8, 4) is 11.4 Å². The summed E-state index contributed by atoms with van der Waals surface area (Å²) in [5.41, 5.74) is 0.968. The lowest BCUT2D eigenvalue weighted by Crippen LogP contribution is -2.15. The standard InChI is InChI=1S/C17H16N4O4S/c1-26(23,24)14-7-3-2-6-13(14)19-15(22)8-9-16-20-17(21-25-16)12-5-4-10-18-11-12/h2-7,10-11H,8-9H2,1H3,(H,19,22). The molecule has 0 spiro atoms. The fourth-order valence-corrected chi connectivity index (χ4v) is 3.14. The van der Waals surface area contributed by atoms with E-state index in [1.165, 1.54) is 6.07 Å². The summed E-state index contributed by atoms with van der Waals surface area (Å²) in [7, 11) is -3.44. The van der Waals surface area contributed by atoms with Crippen LogP contribution in [0.2, 0.25) is 0 Å². The Morgan fingerprint density at radius 1 is 1.19 bits per heavy atom. The van der Waals surface area contributed by atoms with Crippen molar-refractivity contribution in [2.45, 2.75) is 17.7 Å². The minimum atomic E-state index is -3.44. The topological polar surface area (TPSA) is 115 Å². The van der Waals surface area contributed by atoms with Crippen molar-refractivity contribution in [1.29, 1.82) is 0 Å². The molecule has 1 amide bonds. The summed E-state index contributed by atoms with van der Waals surface area (Å²) in [5.74, 6) is 0.369. The maximum atomic E-state index is 12.1. The van der Waals surface area contributed by atoms with E-state index >= 15 is 0 Å². The molecule has 1 N–H and O–H groups in total. The van der Waals surface area contributed by atoms with Crippen LogP contribution in [0.25, 0.3) is 11.4 Å². The number of hydrogen-bond donors (Lipinski definition) is 1. The Labute approximate surface area is 150 Å². The smallest absolute Gasteiger partial charge is 0.227 e. The van der Waals surface area contributed by atoms with Gasteiger partial charge in [0.1, 0.15) is 0 Å². The Morgan fingerprint density at radius 3 is 2.73 bits per heavy atom. The first-order valence-electron chi connectivity index (χ1n) is 7.75. The van der Waals surface area contributed by atoms with Crippen LogP contribution in [0, 0.1) is 0 Å². The molecule has 3 rings (SSSR count). The molecule has 8 nitrogen and oxygen atoms in total. The summed E-state index contributed by atoms with van der Waals surface area (Å²) in [6.45, 7) is 0. The number of aromatic nitrogens is 3. The molecule has 3 aromatic rings. The normalized spacial score (nSPS) is 11.3. The zero-order valence-corrected chi connectivity index (χ0v) is 14.7. The third-order valence-electron chi connectivity index (χ3n) is 3.51. The van der Waals surface area contributed by atoms with Crippen LogP contribution in [0.3, 0.4) is 0 Å². The minimum Gasteiger partial charge on any atom is -0.339 e. The first-order valence-corrected chi connectivity index (χ1v) is 9.64. The van der Waals surface area contributed by atoms with Crippen molar-refractivity contribution in [3.63, 3.8) is 0 Å². The zero-order valence-electron chi connectivity index (χ0n) is 13.9. The van der Waals surface area contributed by atoms with Gasteiger partial charge in [0.05, 0.1) is 10.6 Å². The van der Waals surface area contributed by atoms with Gasteiger partial charge in [-0.25, -0.2) is 8.42 Å². The van der Waals surface area contributed by atoms with Crippen LogP contribution in [0.1, 0.15) is 12.3 Å². The summed E-state index contributed by atoms with van der Waals surface area (Å²) in [5, 5.41) is 6.47. The maximum Gasteiger partial charge on any atom is 0.227 e. The Bertz CT molecular complexity index is 1020. The number of carbonyl (C=O) groups excluding carboxylic acids is 1. The molecule has 26 heavy (non-hydrogen) atoms. The van der Waals surface area contributed by atoms with Crippen molar-refractivity contribution >= 4 is 21.4 Å². The molecule has 2 heterocycles. The summed E-state index contributed by atoms with van der Waals surface area (Å²) in [6, 6.07) is 9.81. The van der Waals surface area contributed by atoms with Crippen molar-refractivity contribution in [3.05, 3.63) is 54.7 Å². The number of pyridine rings is 1. The van der Waals surface area contributed by atoms with E-state index < -0.39 is 9.84 Å². The van der Waals surface area contributed by atoms with Gasteiger partial charge in [0, 0.05) is 37.1 Å². The largest absolute Gasteiger partial charge is 0.339 e. The van der Waals surface area contributed by atoms with E-state index in [2.05, 4.69) is 20.4 Å². The van der Waals surface area contributed by atoms with Crippen LogP contribution in [0.15, 0.2) is 58.2 Å². The van der Waals surface area contributed by atoms with Gasteiger partial charge in [0.25, 0.3) is 0 Å². The lowest BCUT2D eigenvalue weighted by atomic mass is 10.2. The summed E-state index contributed by atoms with van der Waals surface area (Å²) < 4.78 is 28.7. The highest BCUT2D eigenvalue weighted by Crippen LogP contribution is 2.21. The highest BCUT2D eigenvalue weighted by Gasteiger charge is 2.15. The van der Waals surface area contributed by atoms with Crippen molar-refractivity contribution in [2.24, 2.45) is 0 Å². The molecule has 0 fully saturated rings. The van der Waals surface area contributed by atoms with Crippen LogP contribution in [0.5, 0.6) is 0 Å². The summed E-state index contributed by atoms with van der Waals surface area (Å²) >= 11 is 0. The lowest BCUT2D eigenvalue weighted by molar-refractivity contribution is -0.116. The predicted octanol–water partition coefficient (Wildman–Crippen LogP) is 2.11. The van der Waals surface area contributed by atoms with Gasteiger partial charge >= 0.3 is 0 Å². The molecule has 0 bridgehead atoms. The molecule has 0 unspecified atom stereocenters. The third kappa shape index (κ3) is 4.31. The Hall–Kier alpha value is -3.07. The Morgan fingerprint density at radius 2 is 2.00 bits per heavy atom. The number of amides is 1. The van der Waals surface area contributed by atoms with Crippen LogP contribution in [-0.4, -0.2) is 35.7 Å². The molecule has 0 radical (unpaired) electrons. The second-order valence-corrected chi connectivity index (χ2v) is 7.55. The number of carbonyl (C=O) groups is 1. The molecule has 2 aromatic heterocycles. The molecule has 0 saturated heterocycles. The lowest BCUT2D eigenvalue weighted by Gasteiger charge is -2.09. The number of rotatable bonds is 6. The van der Waals surface area contributed by atoms with Gasteiger partial charge in [-0.2, -0.15) is 4.98 Å². The van der Waals surface area contributed by atoms with E-state index in [0.29, 0.717) is 17.3 Å². The van der Waals surface area contributed by atoms with Gasteiger partial charge in [-0.15, -0.1) is 0 Å².